The Labute approximate surface area is 197 Å². The normalized spacial score (nSPS) is 11.8. The molecule has 3 rings (SSSR count). The molecule has 0 aliphatic carbocycles. The molecule has 0 saturated heterocycles. The summed E-state index contributed by atoms with van der Waals surface area (Å²) in [6.07, 6.45) is -3.31. The van der Waals surface area contributed by atoms with Crippen LogP contribution in [0.4, 0.5) is 18.9 Å². The number of carbonyl (C=O) groups is 1. The van der Waals surface area contributed by atoms with Crippen LogP contribution >= 0.6 is 0 Å². The van der Waals surface area contributed by atoms with Crippen LogP contribution in [0.5, 0.6) is 0 Å². The van der Waals surface area contributed by atoms with Gasteiger partial charge in [-0.2, -0.15) is 13.2 Å². The van der Waals surface area contributed by atoms with Gasteiger partial charge in [0.1, 0.15) is 0 Å². The number of hydrogen-bond donors (Lipinski definition) is 1. The predicted octanol–water partition coefficient (Wildman–Crippen LogP) is 5.22. The largest absolute Gasteiger partial charge is 0.416 e. The highest BCUT2D eigenvalue weighted by molar-refractivity contribution is 7.92. The minimum atomic E-state index is -4.45. The van der Waals surface area contributed by atoms with Crippen LogP contribution in [0.15, 0.2) is 66.7 Å². The van der Waals surface area contributed by atoms with E-state index < -0.39 is 27.7 Å². The van der Waals surface area contributed by atoms with E-state index in [-0.39, 0.29) is 13.1 Å². The van der Waals surface area contributed by atoms with Gasteiger partial charge in [-0.05, 0) is 72.5 Å². The van der Waals surface area contributed by atoms with Crippen molar-refractivity contribution in [3.63, 3.8) is 0 Å². The summed E-state index contributed by atoms with van der Waals surface area (Å²) < 4.78 is 64.7. The number of carbonyl (C=O) groups excluding carboxylic acids is 1. The lowest BCUT2D eigenvalue weighted by molar-refractivity contribution is -0.137. The lowest BCUT2D eigenvalue weighted by Gasteiger charge is -2.23. The number of amides is 1. The first kappa shape index (κ1) is 25.3. The number of benzene rings is 3. The second-order valence-electron chi connectivity index (χ2n) is 8.19. The summed E-state index contributed by atoms with van der Waals surface area (Å²) in [5, 5.41) is 2.60. The second-order valence-corrected chi connectivity index (χ2v) is 10.1. The molecule has 1 N–H and O–H groups in total. The van der Waals surface area contributed by atoms with Crippen molar-refractivity contribution < 1.29 is 26.4 Å². The van der Waals surface area contributed by atoms with E-state index in [1.165, 1.54) is 16.4 Å². The maximum absolute atomic E-state index is 12.9. The number of hydrogen-bond acceptors (Lipinski definition) is 3. The zero-order valence-corrected chi connectivity index (χ0v) is 19.8. The molecule has 0 saturated carbocycles. The molecular weight excluding hydrogens is 465 g/mol. The van der Waals surface area contributed by atoms with Crippen LogP contribution in [-0.4, -0.2) is 20.6 Å². The van der Waals surface area contributed by atoms with Gasteiger partial charge in [-0.3, -0.25) is 9.10 Å². The first-order chi connectivity index (χ1) is 15.8. The van der Waals surface area contributed by atoms with Crippen molar-refractivity contribution in [3.05, 3.63) is 100 Å². The summed E-state index contributed by atoms with van der Waals surface area (Å²) in [6, 6.07) is 16.7. The number of rotatable bonds is 7. The van der Waals surface area contributed by atoms with Gasteiger partial charge in [0.15, 0.2) is 0 Å². The Morgan fingerprint density at radius 3 is 2.09 bits per heavy atom. The van der Waals surface area contributed by atoms with Crippen molar-refractivity contribution in [1.82, 2.24) is 5.32 Å². The van der Waals surface area contributed by atoms with Crippen molar-refractivity contribution >= 4 is 21.6 Å². The fraction of sp³-hybridized carbons (Fsp3) is 0.240. The van der Waals surface area contributed by atoms with E-state index in [1.807, 2.05) is 19.9 Å². The Kier molecular flexibility index (Phi) is 7.35. The molecule has 0 aromatic heterocycles. The maximum Gasteiger partial charge on any atom is 0.416 e. The molecule has 0 fully saturated rings. The van der Waals surface area contributed by atoms with Crippen LogP contribution < -0.4 is 9.62 Å². The lowest BCUT2D eigenvalue weighted by Crippen LogP contribution is -2.29. The molecule has 0 aliphatic heterocycles. The van der Waals surface area contributed by atoms with Crippen LogP contribution in [0.2, 0.25) is 0 Å². The Morgan fingerprint density at radius 2 is 1.53 bits per heavy atom. The van der Waals surface area contributed by atoms with E-state index in [4.69, 9.17) is 0 Å². The number of anilines is 1. The minimum Gasteiger partial charge on any atom is -0.348 e. The molecule has 0 unspecified atom stereocenters. The van der Waals surface area contributed by atoms with Gasteiger partial charge < -0.3 is 5.32 Å². The predicted molar refractivity (Wildman–Crippen MR) is 126 cm³/mol. The number of halogens is 3. The molecular formula is C25H25F3N2O3S. The number of nitrogens with one attached hydrogen (secondary N) is 1. The maximum atomic E-state index is 12.9. The number of alkyl halides is 3. The van der Waals surface area contributed by atoms with Crippen LogP contribution in [0.3, 0.4) is 0 Å². The van der Waals surface area contributed by atoms with Gasteiger partial charge in [0, 0.05) is 12.1 Å². The standard InChI is InChI=1S/C25H25F3N2O3S/c1-17-11-18(2)13-23(12-17)30(34(3,32)33)16-19-7-9-21(10-8-19)24(31)29-15-20-5-4-6-22(14-20)25(26,27)28/h4-14H,15-16H2,1-3H3,(H,29,31). The molecule has 0 heterocycles. The van der Waals surface area contributed by atoms with E-state index in [0.29, 0.717) is 22.4 Å². The molecule has 0 aliphatic rings. The third kappa shape index (κ3) is 6.60. The van der Waals surface area contributed by atoms with Gasteiger partial charge in [-0.25, -0.2) is 8.42 Å². The summed E-state index contributed by atoms with van der Waals surface area (Å²) in [5.41, 5.74) is 2.99. The minimum absolute atomic E-state index is 0.0565. The highest BCUT2D eigenvalue weighted by Gasteiger charge is 2.30. The highest BCUT2D eigenvalue weighted by Crippen LogP contribution is 2.29. The van der Waals surface area contributed by atoms with E-state index in [9.17, 15) is 26.4 Å². The van der Waals surface area contributed by atoms with Crippen LogP contribution in [0.1, 0.15) is 38.2 Å². The SMILES string of the molecule is Cc1cc(C)cc(N(Cc2ccc(C(=O)NCc3cccc(C(F)(F)F)c3)cc2)S(C)(=O)=O)c1. The summed E-state index contributed by atoms with van der Waals surface area (Å²) in [5.74, 6) is -0.446. The van der Waals surface area contributed by atoms with Crippen LogP contribution in [0, 0.1) is 13.8 Å². The van der Waals surface area contributed by atoms with Crippen LogP contribution in [0.25, 0.3) is 0 Å². The lowest BCUT2D eigenvalue weighted by atomic mass is 10.1. The monoisotopic (exact) mass is 490 g/mol. The summed E-state index contributed by atoms with van der Waals surface area (Å²) in [7, 11) is -3.56. The zero-order valence-electron chi connectivity index (χ0n) is 19.0. The van der Waals surface area contributed by atoms with Crippen molar-refractivity contribution in [2.75, 3.05) is 10.6 Å². The molecule has 180 valence electrons. The van der Waals surface area contributed by atoms with Crippen molar-refractivity contribution in [2.24, 2.45) is 0 Å². The molecule has 0 spiro atoms. The fourth-order valence-corrected chi connectivity index (χ4v) is 4.44. The fourth-order valence-electron chi connectivity index (χ4n) is 3.56. The molecule has 9 heteroatoms. The number of aryl methyl sites for hydroxylation is 2. The average molecular weight is 491 g/mol. The Bertz CT molecular complexity index is 1270. The molecule has 0 bridgehead atoms. The Morgan fingerprint density at radius 1 is 0.912 bits per heavy atom. The third-order valence-corrected chi connectivity index (χ3v) is 6.29. The quantitative estimate of drug-likeness (QED) is 0.494. The molecule has 3 aromatic carbocycles. The van der Waals surface area contributed by atoms with E-state index in [1.54, 1.807) is 36.4 Å². The van der Waals surface area contributed by atoms with E-state index in [2.05, 4.69) is 5.32 Å². The van der Waals surface area contributed by atoms with Crippen LogP contribution in [-0.2, 0) is 29.3 Å². The third-order valence-electron chi connectivity index (χ3n) is 5.14. The van der Waals surface area contributed by atoms with Gasteiger partial charge in [0.2, 0.25) is 10.0 Å². The Balaban J connectivity index is 1.70. The summed E-state index contributed by atoms with van der Waals surface area (Å²) >= 11 is 0. The molecule has 0 radical (unpaired) electrons. The molecule has 0 atom stereocenters. The highest BCUT2D eigenvalue weighted by atomic mass is 32.2. The van der Waals surface area contributed by atoms with Crippen molar-refractivity contribution in [1.29, 1.82) is 0 Å². The first-order valence-corrected chi connectivity index (χ1v) is 12.3. The van der Waals surface area contributed by atoms with Crippen molar-refractivity contribution in [2.45, 2.75) is 33.1 Å². The topological polar surface area (TPSA) is 66.5 Å². The molecule has 3 aromatic rings. The molecule has 34 heavy (non-hydrogen) atoms. The van der Waals surface area contributed by atoms with Gasteiger partial charge in [0.05, 0.1) is 24.1 Å². The second kappa shape index (κ2) is 9.89. The smallest absolute Gasteiger partial charge is 0.348 e. The van der Waals surface area contributed by atoms with Gasteiger partial charge >= 0.3 is 6.18 Å². The van der Waals surface area contributed by atoms with E-state index in [0.717, 1.165) is 29.5 Å². The average Bonchev–Trinajstić information content (AvgIpc) is 2.74. The Hall–Kier alpha value is -3.33. The van der Waals surface area contributed by atoms with Gasteiger partial charge in [-0.15, -0.1) is 0 Å². The molecule has 1 amide bonds. The number of sulfonamides is 1. The molecule has 5 nitrogen and oxygen atoms in total. The zero-order chi connectivity index (χ0) is 25.1. The van der Waals surface area contributed by atoms with E-state index >= 15 is 0 Å². The van der Waals surface area contributed by atoms with Gasteiger partial charge in [-0.1, -0.05) is 30.3 Å². The van der Waals surface area contributed by atoms with Crippen molar-refractivity contribution in [3.8, 4) is 0 Å². The van der Waals surface area contributed by atoms with Gasteiger partial charge in [0.25, 0.3) is 5.91 Å². The number of nitrogens with zero attached hydrogens (tertiary/aromatic N) is 1. The summed E-state index contributed by atoms with van der Waals surface area (Å²) in [6.45, 7) is 3.82. The summed E-state index contributed by atoms with van der Waals surface area (Å²) in [4.78, 5) is 12.4. The first-order valence-electron chi connectivity index (χ1n) is 10.4.